The van der Waals surface area contributed by atoms with Crippen LogP contribution in [-0.4, -0.2) is 37.2 Å². The van der Waals surface area contributed by atoms with Crippen LogP contribution in [-0.2, 0) is 28.6 Å². The zero-order valence-electron chi connectivity index (χ0n) is 41.3. The second-order valence-electron chi connectivity index (χ2n) is 17.4. The van der Waals surface area contributed by atoms with Crippen LogP contribution in [0.4, 0.5) is 0 Å². The van der Waals surface area contributed by atoms with Crippen molar-refractivity contribution in [2.75, 3.05) is 13.2 Å². The van der Waals surface area contributed by atoms with Crippen LogP contribution >= 0.6 is 0 Å². The average Bonchev–Trinajstić information content (AvgIpc) is 3.28. The van der Waals surface area contributed by atoms with E-state index >= 15 is 0 Å². The first kappa shape index (κ1) is 59.9. The Morgan fingerprint density at radius 3 is 0.968 bits per heavy atom. The monoisotopic (exact) mass is 879 g/mol. The maximum absolute atomic E-state index is 12.7. The second kappa shape index (κ2) is 51.5. The van der Waals surface area contributed by atoms with Crippen LogP contribution in [0.5, 0.6) is 0 Å². The van der Waals surface area contributed by atoms with E-state index in [0.29, 0.717) is 19.3 Å². The van der Waals surface area contributed by atoms with Gasteiger partial charge in [-0.1, -0.05) is 235 Å². The lowest BCUT2D eigenvalue weighted by molar-refractivity contribution is -0.167. The molecular weight excluding hydrogens is 781 g/mol. The van der Waals surface area contributed by atoms with Gasteiger partial charge >= 0.3 is 17.9 Å². The molecule has 0 amide bonds. The van der Waals surface area contributed by atoms with E-state index in [1.165, 1.54) is 109 Å². The molecule has 0 heterocycles. The van der Waals surface area contributed by atoms with Gasteiger partial charge in [0.1, 0.15) is 13.2 Å². The summed E-state index contributed by atoms with van der Waals surface area (Å²) in [7, 11) is 0. The van der Waals surface area contributed by atoms with Crippen molar-refractivity contribution in [3.05, 3.63) is 72.9 Å². The summed E-state index contributed by atoms with van der Waals surface area (Å²) in [5.74, 6) is -0.899. The van der Waals surface area contributed by atoms with Gasteiger partial charge in [-0.15, -0.1) is 0 Å². The smallest absolute Gasteiger partial charge is 0.306 e. The zero-order chi connectivity index (χ0) is 45.8. The third-order valence-electron chi connectivity index (χ3n) is 11.2. The minimum atomic E-state index is -0.775. The molecule has 63 heavy (non-hydrogen) atoms. The van der Waals surface area contributed by atoms with Crippen LogP contribution in [0.1, 0.15) is 252 Å². The molecule has 0 saturated heterocycles. The number of rotatable bonds is 47. The van der Waals surface area contributed by atoms with Gasteiger partial charge in [-0.2, -0.15) is 0 Å². The van der Waals surface area contributed by atoms with E-state index in [4.69, 9.17) is 14.2 Å². The Hall–Kier alpha value is -3.15. The van der Waals surface area contributed by atoms with E-state index in [9.17, 15) is 14.4 Å². The first-order valence-corrected chi connectivity index (χ1v) is 26.4. The van der Waals surface area contributed by atoms with Crippen LogP contribution < -0.4 is 0 Å². The van der Waals surface area contributed by atoms with E-state index in [2.05, 4.69) is 93.7 Å². The van der Waals surface area contributed by atoms with Crippen LogP contribution in [0.3, 0.4) is 0 Å². The van der Waals surface area contributed by atoms with Crippen molar-refractivity contribution < 1.29 is 28.6 Å². The molecule has 0 aromatic carbocycles. The van der Waals surface area contributed by atoms with Crippen molar-refractivity contribution in [2.45, 2.75) is 258 Å². The summed E-state index contributed by atoms with van der Waals surface area (Å²) in [6.45, 7) is 6.46. The number of hydrogen-bond acceptors (Lipinski definition) is 6. The molecule has 1 unspecified atom stereocenters. The van der Waals surface area contributed by atoms with Gasteiger partial charge in [-0.05, 0) is 70.6 Å². The minimum absolute atomic E-state index is 0.0784. The zero-order valence-corrected chi connectivity index (χ0v) is 41.3. The molecular formula is C57H98O6. The van der Waals surface area contributed by atoms with Crippen molar-refractivity contribution >= 4 is 17.9 Å². The molecule has 0 spiro atoms. The molecule has 6 heteroatoms. The molecule has 0 fully saturated rings. The molecule has 362 valence electrons. The fraction of sp³-hybridized carbons (Fsp3) is 0.737. The topological polar surface area (TPSA) is 78.9 Å². The predicted octanol–water partition coefficient (Wildman–Crippen LogP) is 17.4. The standard InChI is InChI=1S/C57H98O6/c1-4-7-10-13-16-18-20-22-24-25-26-27-28-29-30-31-32-33-34-36-37-39-41-44-47-50-56(59)62-53-54(52-61-55(58)49-46-43-15-12-9-6-3)63-57(60)51-48-45-42-40-38-35-23-21-19-17-14-11-8-5-2/h7,10,16,18,22,24,26-27,29-30,32-33,54H,4-6,8-9,11-15,17,19-21,23,25,28,31,34-53H2,1-3H3/b10-7-,18-16-,24-22-,27-26-,30-29-,33-32-. The number of ether oxygens (including phenoxy) is 3. The van der Waals surface area contributed by atoms with Crippen LogP contribution in [0, 0.1) is 0 Å². The highest BCUT2D eigenvalue weighted by atomic mass is 16.6. The Kier molecular flexibility index (Phi) is 48.9. The maximum Gasteiger partial charge on any atom is 0.306 e. The summed E-state index contributed by atoms with van der Waals surface area (Å²) in [6.07, 6.45) is 64.8. The number of carbonyl (C=O) groups excluding carboxylic acids is 3. The first-order valence-electron chi connectivity index (χ1n) is 26.4. The SMILES string of the molecule is CC/C=C\C/C=C\C/C=C\C/C=C\C/C=C\C/C=C\CCCCCCCCC(=O)OCC(COC(=O)CCCCCCCC)OC(=O)CCCCCCCCCCCCCCCC. The molecule has 0 rings (SSSR count). The summed E-state index contributed by atoms with van der Waals surface area (Å²) in [6, 6.07) is 0. The molecule has 0 aliphatic heterocycles. The summed E-state index contributed by atoms with van der Waals surface area (Å²) in [5, 5.41) is 0. The normalized spacial score (nSPS) is 12.6. The van der Waals surface area contributed by atoms with Gasteiger partial charge in [-0.3, -0.25) is 14.4 Å². The van der Waals surface area contributed by atoms with Gasteiger partial charge in [-0.25, -0.2) is 0 Å². The van der Waals surface area contributed by atoms with Gasteiger partial charge in [0.15, 0.2) is 6.10 Å². The van der Waals surface area contributed by atoms with Gasteiger partial charge in [0, 0.05) is 19.3 Å². The number of allylic oxidation sites excluding steroid dienone is 12. The molecule has 0 N–H and O–H groups in total. The third kappa shape index (κ3) is 49.7. The highest BCUT2D eigenvalue weighted by Gasteiger charge is 2.19. The summed E-state index contributed by atoms with van der Waals surface area (Å²) < 4.78 is 16.7. The average molecular weight is 879 g/mol. The Labute approximate surface area is 389 Å². The van der Waals surface area contributed by atoms with Crippen molar-refractivity contribution in [3.63, 3.8) is 0 Å². The molecule has 1 atom stereocenters. The molecule has 0 saturated carbocycles. The minimum Gasteiger partial charge on any atom is -0.462 e. The molecule has 0 bridgehead atoms. The van der Waals surface area contributed by atoms with Crippen molar-refractivity contribution in [1.82, 2.24) is 0 Å². The van der Waals surface area contributed by atoms with E-state index < -0.39 is 6.10 Å². The number of unbranched alkanes of at least 4 members (excludes halogenated alkanes) is 24. The molecule has 0 aliphatic rings. The lowest BCUT2D eigenvalue weighted by Gasteiger charge is -2.18. The van der Waals surface area contributed by atoms with Gasteiger partial charge in [0.25, 0.3) is 0 Å². The Morgan fingerprint density at radius 2 is 0.619 bits per heavy atom. The van der Waals surface area contributed by atoms with E-state index in [-0.39, 0.29) is 31.1 Å². The fourth-order valence-corrected chi connectivity index (χ4v) is 7.27. The molecule has 0 aromatic heterocycles. The lowest BCUT2D eigenvalue weighted by atomic mass is 10.0. The van der Waals surface area contributed by atoms with Crippen molar-refractivity contribution in [1.29, 1.82) is 0 Å². The van der Waals surface area contributed by atoms with Gasteiger partial charge < -0.3 is 14.2 Å². The van der Waals surface area contributed by atoms with Gasteiger partial charge in [0.2, 0.25) is 0 Å². The molecule has 0 aromatic rings. The number of esters is 3. The van der Waals surface area contributed by atoms with Crippen LogP contribution in [0.25, 0.3) is 0 Å². The summed E-state index contributed by atoms with van der Waals surface area (Å²) in [5.41, 5.74) is 0. The predicted molar refractivity (Wildman–Crippen MR) is 270 cm³/mol. The molecule has 0 radical (unpaired) electrons. The fourth-order valence-electron chi connectivity index (χ4n) is 7.27. The Morgan fingerprint density at radius 1 is 0.333 bits per heavy atom. The lowest BCUT2D eigenvalue weighted by Crippen LogP contribution is -2.30. The number of carbonyl (C=O) groups is 3. The highest BCUT2D eigenvalue weighted by molar-refractivity contribution is 5.71. The highest BCUT2D eigenvalue weighted by Crippen LogP contribution is 2.15. The number of hydrogen-bond donors (Lipinski definition) is 0. The van der Waals surface area contributed by atoms with E-state index in [1.54, 1.807) is 0 Å². The van der Waals surface area contributed by atoms with Crippen LogP contribution in [0.15, 0.2) is 72.9 Å². The van der Waals surface area contributed by atoms with E-state index in [0.717, 1.165) is 103 Å². The Bertz CT molecular complexity index is 1190. The largest absolute Gasteiger partial charge is 0.462 e. The Balaban J connectivity index is 4.19. The third-order valence-corrected chi connectivity index (χ3v) is 11.2. The summed E-state index contributed by atoms with van der Waals surface area (Å²) >= 11 is 0. The molecule has 0 aliphatic carbocycles. The summed E-state index contributed by atoms with van der Waals surface area (Å²) in [4.78, 5) is 37.7. The quantitative estimate of drug-likeness (QED) is 0.0262. The van der Waals surface area contributed by atoms with Crippen molar-refractivity contribution in [2.24, 2.45) is 0 Å². The van der Waals surface area contributed by atoms with Gasteiger partial charge in [0.05, 0.1) is 0 Å². The maximum atomic E-state index is 12.7. The first-order chi connectivity index (χ1) is 31.0. The second-order valence-corrected chi connectivity index (χ2v) is 17.4. The van der Waals surface area contributed by atoms with E-state index in [1.807, 2.05) is 0 Å². The van der Waals surface area contributed by atoms with Crippen molar-refractivity contribution in [3.8, 4) is 0 Å². The van der Waals surface area contributed by atoms with Crippen LogP contribution in [0.2, 0.25) is 0 Å². The molecule has 6 nitrogen and oxygen atoms in total.